The van der Waals surface area contributed by atoms with Gasteiger partial charge in [-0.1, -0.05) is 15.9 Å². The maximum absolute atomic E-state index is 12.4. The van der Waals surface area contributed by atoms with Gasteiger partial charge in [0.1, 0.15) is 0 Å². The van der Waals surface area contributed by atoms with Gasteiger partial charge in [-0.15, -0.1) is 11.6 Å². The Balaban J connectivity index is 2.73. The highest BCUT2D eigenvalue weighted by molar-refractivity contribution is 9.09. The van der Waals surface area contributed by atoms with Gasteiger partial charge < -0.3 is 4.52 Å². The predicted octanol–water partition coefficient (Wildman–Crippen LogP) is 1.86. The summed E-state index contributed by atoms with van der Waals surface area (Å²) in [5, 5.41) is 12.1. The molecule has 0 saturated carbocycles. The summed E-state index contributed by atoms with van der Waals surface area (Å²) in [6, 6.07) is 0. The summed E-state index contributed by atoms with van der Waals surface area (Å²) in [4.78, 5) is 4.31. The van der Waals surface area contributed by atoms with Gasteiger partial charge in [0.25, 0.3) is 0 Å². The average molecular weight is 338 g/mol. The fourth-order valence-corrected chi connectivity index (χ4v) is 4.37. The maximum Gasteiger partial charge on any atom is 0.345 e. The fourth-order valence-electron chi connectivity index (χ4n) is 1.46. The van der Waals surface area contributed by atoms with Crippen molar-refractivity contribution in [2.75, 3.05) is 30.9 Å². The minimum absolute atomic E-state index is 0.274. The van der Waals surface area contributed by atoms with Crippen molar-refractivity contribution < 1.29 is 19.2 Å². The Morgan fingerprint density at radius 2 is 2.50 bits per heavy atom. The van der Waals surface area contributed by atoms with E-state index in [1.807, 2.05) is 0 Å². The van der Waals surface area contributed by atoms with Crippen LogP contribution in [0.2, 0.25) is 0 Å². The van der Waals surface area contributed by atoms with Gasteiger partial charge in [-0.3, -0.25) is 9.82 Å². The van der Waals surface area contributed by atoms with E-state index in [9.17, 15) is 4.57 Å². The van der Waals surface area contributed by atoms with Crippen LogP contribution in [0.15, 0.2) is 0 Å². The van der Waals surface area contributed by atoms with Crippen LogP contribution in [-0.4, -0.2) is 47.1 Å². The molecule has 0 aliphatic carbocycles. The van der Waals surface area contributed by atoms with Gasteiger partial charge in [0.05, 0.1) is 6.61 Å². The number of hydrogen-bond donors (Lipinski definition) is 2. The number of hydrogen-bond acceptors (Lipinski definition) is 4. The number of halogens is 2. The first-order valence-electron chi connectivity index (χ1n) is 4.87. The summed E-state index contributed by atoms with van der Waals surface area (Å²) in [6.45, 7) is 1.09. The Bertz CT molecular complexity index is 261. The van der Waals surface area contributed by atoms with E-state index in [1.54, 1.807) is 0 Å². The third kappa shape index (κ3) is 3.65. The molecule has 9 heteroatoms. The molecule has 1 saturated heterocycles. The molecule has 2 atom stereocenters. The molecule has 6 nitrogen and oxygen atoms in total. The molecule has 96 valence electrons. The molecule has 1 aliphatic heterocycles. The van der Waals surface area contributed by atoms with Crippen molar-refractivity contribution in [1.82, 2.24) is 9.76 Å². The van der Waals surface area contributed by atoms with E-state index in [2.05, 4.69) is 25.9 Å². The quantitative estimate of drug-likeness (QED) is 0.334. The Morgan fingerprint density at radius 1 is 1.75 bits per heavy atom. The first kappa shape index (κ1) is 14.9. The first-order chi connectivity index (χ1) is 7.68. The molecule has 0 bridgehead atoms. The molecule has 0 unspecified atom stereocenters. The largest absolute Gasteiger partial charge is 0.345 e. The van der Waals surface area contributed by atoms with E-state index in [4.69, 9.17) is 21.4 Å². The lowest BCUT2D eigenvalue weighted by Gasteiger charge is -2.38. The van der Waals surface area contributed by atoms with Crippen molar-refractivity contribution in [2.24, 2.45) is 0 Å². The third-order valence-electron chi connectivity index (χ3n) is 2.14. The van der Waals surface area contributed by atoms with Crippen molar-refractivity contribution >= 4 is 35.2 Å². The third-order valence-corrected chi connectivity index (χ3v) is 4.98. The molecule has 1 heterocycles. The number of rotatable bonds is 6. The second kappa shape index (κ2) is 7.28. The second-order valence-electron chi connectivity index (χ2n) is 3.15. The van der Waals surface area contributed by atoms with E-state index in [-0.39, 0.29) is 6.61 Å². The van der Waals surface area contributed by atoms with Crippen LogP contribution in [-0.2, 0) is 14.0 Å². The van der Waals surface area contributed by atoms with Crippen LogP contribution in [0, 0.1) is 0 Å². The Morgan fingerprint density at radius 3 is 3.06 bits per heavy atom. The Labute approximate surface area is 108 Å². The smallest absolute Gasteiger partial charge is 0.306 e. The van der Waals surface area contributed by atoms with Crippen molar-refractivity contribution in [1.29, 1.82) is 0 Å². The van der Waals surface area contributed by atoms with Crippen molar-refractivity contribution in [3.63, 3.8) is 0 Å². The van der Waals surface area contributed by atoms with Crippen LogP contribution >= 0.6 is 35.2 Å². The standard InChI is InChI=1S/C7H15BrClN2O4P/c8-2-5-11-7(15-12)1-6-14-16(11,13)10-4-3-9/h7,12H,1-6H2,(H,10,13)/t7-,16+/m1/s1. The average Bonchev–Trinajstić information content (AvgIpc) is 2.30. The number of nitrogens with zero attached hydrogens (tertiary/aromatic N) is 1. The number of nitrogens with one attached hydrogen (secondary N) is 1. The fraction of sp³-hybridized carbons (Fsp3) is 1.00. The zero-order chi connectivity index (χ0) is 12.0. The molecule has 0 amide bonds. The highest BCUT2D eigenvalue weighted by Gasteiger charge is 2.41. The monoisotopic (exact) mass is 336 g/mol. The van der Waals surface area contributed by atoms with Crippen LogP contribution in [0.1, 0.15) is 6.42 Å². The van der Waals surface area contributed by atoms with Gasteiger partial charge in [0, 0.05) is 30.7 Å². The topological polar surface area (TPSA) is 71.0 Å². The molecule has 0 aromatic carbocycles. The summed E-state index contributed by atoms with van der Waals surface area (Å²) in [6.07, 6.45) is -0.143. The molecule has 1 aliphatic rings. The molecular weight excluding hydrogens is 322 g/mol. The zero-order valence-corrected chi connectivity index (χ0v) is 11.9. The summed E-state index contributed by atoms with van der Waals surface area (Å²) in [7, 11) is -3.15. The molecule has 16 heavy (non-hydrogen) atoms. The van der Waals surface area contributed by atoms with Gasteiger partial charge in [-0.25, -0.2) is 9.97 Å². The van der Waals surface area contributed by atoms with Crippen molar-refractivity contribution in [3.05, 3.63) is 0 Å². The summed E-state index contributed by atoms with van der Waals surface area (Å²) in [5.74, 6) is 0.333. The van der Waals surface area contributed by atoms with Crippen molar-refractivity contribution in [2.45, 2.75) is 12.6 Å². The minimum Gasteiger partial charge on any atom is -0.306 e. The maximum atomic E-state index is 12.4. The van der Waals surface area contributed by atoms with Gasteiger partial charge >= 0.3 is 7.67 Å². The molecule has 0 aromatic rings. The minimum atomic E-state index is -3.15. The summed E-state index contributed by atoms with van der Waals surface area (Å²) < 4.78 is 19.2. The lowest BCUT2D eigenvalue weighted by Crippen LogP contribution is -2.44. The van der Waals surface area contributed by atoms with E-state index < -0.39 is 13.9 Å². The van der Waals surface area contributed by atoms with E-state index in [0.29, 0.717) is 30.7 Å². The zero-order valence-electron chi connectivity index (χ0n) is 8.64. The van der Waals surface area contributed by atoms with Crippen LogP contribution < -0.4 is 5.09 Å². The molecule has 1 fully saturated rings. The van der Waals surface area contributed by atoms with E-state index in [1.165, 1.54) is 4.67 Å². The van der Waals surface area contributed by atoms with Crippen LogP contribution in [0.5, 0.6) is 0 Å². The molecular formula is C7H15BrClN2O4P. The summed E-state index contributed by atoms with van der Waals surface area (Å²) in [5.41, 5.74) is 0. The highest BCUT2D eigenvalue weighted by Crippen LogP contribution is 2.51. The van der Waals surface area contributed by atoms with Gasteiger partial charge in [0.2, 0.25) is 0 Å². The lowest BCUT2D eigenvalue weighted by molar-refractivity contribution is -0.308. The van der Waals surface area contributed by atoms with Gasteiger partial charge in [0.15, 0.2) is 6.23 Å². The van der Waals surface area contributed by atoms with E-state index >= 15 is 0 Å². The summed E-state index contributed by atoms with van der Waals surface area (Å²) >= 11 is 8.78. The molecule has 0 spiro atoms. The lowest BCUT2D eigenvalue weighted by atomic mass is 10.4. The van der Waals surface area contributed by atoms with Crippen LogP contribution in [0.3, 0.4) is 0 Å². The Kier molecular flexibility index (Phi) is 6.76. The Hall–Kier alpha value is 0.800. The highest BCUT2D eigenvalue weighted by atomic mass is 79.9. The molecule has 1 rings (SSSR count). The van der Waals surface area contributed by atoms with Gasteiger partial charge in [-0.05, 0) is 0 Å². The first-order valence-corrected chi connectivity index (χ1v) is 8.10. The van der Waals surface area contributed by atoms with Crippen LogP contribution in [0.25, 0.3) is 0 Å². The molecule has 0 aromatic heterocycles. The van der Waals surface area contributed by atoms with E-state index in [0.717, 1.165) is 0 Å². The SMILES string of the molecule is O=[P@@]1(NCCCl)OCC[C@@H](OO)N1CCBr. The number of alkyl halides is 2. The van der Waals surface area contributed by atoms with Gasteiger partial charge in [-0.2, -0.15) is 4.67 Å². The van der Waals surface area contributed by atoms with Crippen LogP contribution in [0.4, 0.5) is 0 Å². The van der Waals surface area contributed by atoms with Crippen molar-refractivity contribution in [3.8, 4) is 0 Å². The molecule has 2 N–H and O–H groups in total. The molecule has 0 radical (unpaired) electrons. The predicted molar refractivity (Wildman–Crippen MR) is 64.9 cm³/mol. The second-order valence-corrected chi connectivity index (χ2v) is 6.45. The normalized spacial score (nSPS) is 31.8.